The largest absolute Gasteiger partial charge is 0.370 e. The molecule has 1 fully saturated rings. The van der Waals surface area contributed by atoms with Crippen LogP contribution in [0.1, 0.15) is 41.4 Å². The van der Waals surface area contributed by atoms with Gasteiger partial charge < -0.3 is 4.74 Å². The van der Waals surface area contributed by atoms with Gasteiger partial charge in [0.05, 0.1) is 17.6 Å². The number of ketones is 1. The lowest BCUT2D eigenvalue weighted by Crippen LogP contribution is -2.48. The Labute approximate surface area is 154 Å². The minimum absolute atomic E-state index is 0.0897. The molecule has 1 saturated heterocycles. The Balaban J connectivity index is 1.87. The van der Waals surface area contributed by atoms with Crippen molar-refractivity contribution in [2.45, 2.75) is 37.8 Å². The van der Waals surface area contributed by atoms with Gasteiger partial charge in [-0.05, 0) is 38.5 Å². The van der Waals surface area contributed by atoms with E-state index >= 15 is 0 Å². The van der Waals surface area contributed by atoms with Crippen molar-refractivity contribution in [2.24, 2.45) is 0 Å². The van der Waals surface area contributed by atoms with Crippen LogP contribution in [0.4, 0.5) is 0 Å². The Morgan fingerprint density at radius 3 is 2.27 bits per heavy atom. The lowest BCUT2D eigenvalue weighted by atomic mass is 10.1. The van der Waals surface area contributed by atoms with Crippen molar-refractivity contribution in [1.82, 2.24) is 4.31 Å². The Morgan fingerprint density at radius 1 is 1.08 bits per heavy atom. The summed E-state index contributed by atoms with van der Waals surface area (Å²) in [6.45, 7) is 5.91. The third-order valence-electron chi connectivity index (χ3n) is 4.69. The first kappa shape index (κ1) is 18.8. The fraction of sp³-hybridized carbons (Fsp3) is 0.350. The number of aryl methyl sites for hydroxylation is 1. The average Bonchev–Trinajstić information content (AvgIpc) is 2.63. The van der Waals surface area contributed by atoms with Crippen molar-refractivity contribution in [3.05, 3.63) is 65.2 Å². The lowest BCUT2D eigenvalue weighted by molar-refractivity contribution is -0.0288. The minimum Gasteiger partial charge on any atom is -0.370 e. The maximum absolute atomic E-state index is 13.1. The summed E-state index contributed by atoms with van der Waals surface area (Å²) < 4.78 is 33.6. The van der Waals surface area contributed by atoms with Crippen molar-refractivity contribution >= 4 is 15.8 Å². The summed E-state index contributed by atoms with van der Waals surface area (Å²) in [6, 6.07) is 13.8. The summed E-state index contributed by atoms with van der Waals surface area (Å²) in [7, 11) is -3.66. The van der Waals surface area contributed by atoms with Gasteiger partial charge in [0.15, 0.2) is 5.78 Å². The van der Waals surface area contributed by atoms with E-state index in [9.17, 15) is 13.2 Å². The van der Waals surface area contributed by atoms with E-state index in [1.54, 1.807) is 12.1 Å². The number of Topliss-reactive ketones (excluding diaryl/α,β-unsaturated/α-hetero) is 1. The van der Waals surface area contributed by atoms with E-state index in [1.165, 1.54) is 23.4 Å². The van der Waals surface area contributed by atoms with E-state index in [-0.39, 0.29) is 29.4 Å². The first-order valence-corrected chi connectivity index (χ1v) is 10.0. The summed E-state index contributed by atoms with van der Waals surface area (Å²) >= 11 is 0. The molecule has 0 N–H and O–H groups in total. The average molecular weight is 373 g/mol. The van der Waals surface area contributed by atoms with Gasteiger partial charge in [0.25, 0.3) is 0 Å². The predicted molar refractivity (Wildman–Crippen MR) is 99.7 cm³/mol. The van der Waals surface area contributed by atoms with Gasteiger partial charge in [-0.15, -0.1) is 0 Å². The molecule has 138 valence electrons. The van der Waals surface area contributed by atoms with Gasteiger partial charge in [-0.1, -0.05) is 42.0 Å². The molecule has 0 spiro atoms. The highest BCUT2D eigenvalue weighted by molar-refractivity contribution is 7.89. The molecular formula is C20H23NO4S. The van der Waals surface area contributed by atoms with E-state index in [0.717, 1.165) is 11.1 Å². The number of ether oxygens (including phenoxy) is 1. The molecule has 2 aromatic carbocycles. The molecule has 6 heteroatoms. The highest BCUT2D eigenvalue weighted by Crippen LogP contribution is 2.29. The van der Waals surface area contributed by atoms with Crippen LogP contribution in [0.2, 0.25) is 0 Å². The zero-order valence-corrected chi connectivity index (χ0v) is 16.0. The molecule has 0 bridgehead atoms. The standard InChI is InChI=1S/C20H23NO4S/c1-14-4-6-18(7-5-14)20-12-21(15(2)13-25-20)26(23,24)19-10-8-17(9-11-19)16(3)22/h4-11,15,20H,12-13H2,1-3H3. The molecule has 5 nitrogen and oxygen atoms in total. The highest BCUT2D eigenvalue weighted by Gasteiger charge is 2.36. The zero-order chi connectivity index (χ0) is 18.9. The Hall–Kier alpha value is -2.02. The number of hydrogen-bond acceptors (Lipinski definition) is 4. The summed E-state index contributed by atoms with van der Waals surface area (Å²) in [5.74, 6) is -0.0897. The first-order chi connectivity index (χ1) is 12.3. The van der Waals surface area contributed by atoms with Gasteiger partial charge in [-0.25, -0.2) is 8.42 Å². The molecule has 1 aliphatic rings. The molecule has 26 heavy (non-hydrogen) atoms. The van der Waals surface area contributed by atoms with E-state index < -0.39 is 10.0 Å². The van der Waals surface area contributed by atoms with Gasteiger partial charge in [0.1, 0.15) is 0 Å². The molecule has 3 rings (SSSR count). The number of sulfonamides is 1. The lowest BCUT2D eigenvalue weighted by Gasteiger charge is -2.37. The molecule has 0 saturated carbocycles. The van der Waals surface area contributed by atoms with E-state index in [4.69, 9.17) is 4.74 Å². The van der Waals surface area contributed by atoms with Crippen LogP contribution in [0.25, 0.3) is 0 Å². The first-order valence-electron chi connectivity index (χ1n) is 8.60. The van der Waals surface area contributed by atoms with Crippen LogP contribution in [0.3, 0.4) is 0 Å². The molecule has 0 radical (unpaired) electrons. The van der Waals surface area contributed by atoms with E-state index in [2.05, 4.69) is 0 Å². The topological polar surface area (TPSA) is 63.7 Å². The van der Waals surface area contributed by atoms with Crippen LogP contribution < -0.4 is 0 Å². The molecule has 2 atom stereocenters. The summed E-state index contributed by atoms with van der Waals surface area (Å²) in [5.41, 5.74) is 2.61. The van der Waals surface area contributed by atoms with Crippen molar-refractivity contribution < 1.29 is 17.9 Å². The number of carbonyl (C=O) groups excluding carboxylic acids is 1. The van der Waals surface area contributed by atoms with Crippen LogP contribution in [0.5, 0.6) is 0 Å². The second-order valence-electron chi connectivity index (χ2n) is 6.74. The molecule has 1 aliphatic heterocycles. The maximum atomic E-state index is 13.1. The third-order valence-corrected chi connectivity index (χ3v) is 6.69. The number of rotatable bonds is 4. The second-order valence-corrected chi connectivity index (χ2v) is 8.63. The van der Waals surface area contributed by atoms with Gasteiger partial charge in [0.2, 0.25) is 10.0 Å². The number of carbonyl (C=O) groups is 1. The van der Waals surface area contributed by atoms with Crippen LogP contribution in [-0.4, -0.2) is 37.7 Å². The molecule has 2 aromatic rings. The SMILES string of the molecule is CC(=O)c1ccc(S(=O)(=O)N2CC(c3ccc(C)cc3)OCC2C)cc1. The molecule has 0 aromatic heterocycles. The smallest absolute Gasteiger partial charge is 0.243 e. The normalized spacial score (nSPS) is 21.5. The fourth-order valence-corrected chi connectivity index (χ4v) is 4.67. The van der Waals surface area contributed by atoms with Crippen LogP contribution in [0, 0.1) is 6.92 Å². The van der Waals surface area contributed by atoms with Crippen LogP contribution >= 0.6 is 0 Å². The summed E-state index contributed by atoms with van der Waals surface area (Å²) in [6.07, 6.45) is -0.293. The zero-order valence-electron chi connectivity index (χ0n) is 15.2. The fourth-order valence-electron chi connectivity index (χ4n) is 3.05. The molecular weight excluding hydrogens is 350 g/mol. The quantitative estimate of drug-likeness (QED) is 0.771. The summed E-state index contributed by atoms with van der Waals surface area (Å²) in [4.78, 5) is 11.6. The number of hydrogen-bond donors (Lipinski definition) is 0. The monoisotopic (exact) mass is 373 g/mol. The third kappa shape index (κ3) is 3.72. The van der Waals surface area contributed by atoms with Gasteiger partial charge >= 0.3 is 0 Å². The minimum atomic E-state index is -3.66. The predicted octanol–water partition coefficient (Wildman–Crippen LogP) is 3.35. The van der Waals surface area contributed by atoms with Crippen molar-refractivity contribution in [3.63, 3.8) is 0 Å². The summed E-state index contributed by atoms with van der Waals surface area (Å²) in [5, 5.41) is 0. The molecule has 0 aliphatic carbocycles. The van der Waals surface area contributed by atoms with E-state index in [0.29, 0.717) is 12.2 Å². The molecule has 2 unspecified atom stereocenters. The van der Waals surface area contributed by atoms with Gasteiger partial charge in [0, 0.05) is 18.2 Å². The Bertz CT molecular complexity index is 888. The molecule has 0 amide bonds. The van der Waals surface area contributed by atoms with Crippen LogP contribution in [-0.2, 0) is 14.8 Å². The Morgan fingerprint density at radius 2 is 1.69 bits per heavy atom. The van der Waals surface area contributed by atoms with Crippen LogP contribution in [0.15, 0.2) is 53.4 Å². The van der Waals surface area contributed by atoms with Gasteiger partial charge in [-0.3, -0.25) is 4.79 Å². The molecule has 1 heterocycles. The Kier molecular flexibility index (Phi) is 5.27. The van der Waals surface area contributed by atoms with Crippen molar-refractivity contribution in [2.75, 3.05) is 13.2 Å². The maximum Gasteiger partial charge on any atom is 0.243 e. The highest BCUT2D eigenvalue weighted by atomic mass is 32.2. The second kappa shape index (κ2) is 7.31. The van der Waals surface area contributed by atoms with Crippen molar-refractivity contribution in [1.29, 1.82) is 0 Å². The number of nitrogens with zero attached hydrogens (tertiary/aromatic N) is 1. The van der Waals surface area contributed by atoms with Gasteiger partial charge in [-0.2, -0.15) is 4.31 Å². The number of benzene rings is 2. The number of morpholine rings is 1. The van der Waals surface area contributed by atoms with E-state index in [1.807, 2.05) is 38.1 Å². The van der Waals surface area contributed by atoms with Crippen molar-refractivity contribution in [3.8, 4) is 0 Å².